The van der Waals surface area contributed by atoms with Crippen LogP contribution in [0.15, 0.2) is 24.3 Å². The molecule has 6 nitrogen and oxygen atoms in total. The summed E-state index contributed by atoms with van der Waals surface area (Å²) in [6, 6.07) is 5.62. The van der Waals surface area contributed by atoms with Gasteiger partial charge < -0.3 is 10.2 Å². The highest BCUT2D eigenvalue weighted by Gasteiger charge is 2.27. The predicted molar refractivity (Wildman–Crippen MR) is 98.3 cm³/mol. The van der Waals surface area contributed by atoms with Crippen LogP contribution in [0.5, 0.6) is 0 Å². The van der Waals surface area contributed by atoms with Crippen LogP contribution in [0.25, 0.3) is 0 Å². The molecule has 2 aliphatic rings. The van der Waals surface area contributed by atoms with E-state index in [4.69, 9.17) is 0 Å². The lowest BCUT2D eigenvalue weighted by Crippen LogP contribution is -2.54. The van der Waals surface area contributed by atoms with E-state index in [-0.39, 0.29) is 23.7 Å². The number of piperazine rings is 1. The van der Waals surface area contributed by atoms with Crippen molar-refractivity contribution in [2.75, 3.05) is 51.1 Å². The average Bonchev–Trinajstić information content (AvgIpc) is 3.16. The number of hydrogen-bond acceptors (Lipinski definition) is 4. The second-order valence-electron chi connectivity index (χ2n) is 7.08. The lowest BCUT2D eigenvalue weighted by molar-refractivity contribution is -0.132. The lowest BCUT2D eigenvalue weighted by atomic mass is 10.2. The first kappa shape index (κ1) is 18.8. The molecule has 3 rings (SSSR count). The van der Waals surface area contributed by atoms with Gasteiger partial charge >= 0.3 is 0 Å². The van der Waals surface area contributed by atoms with Crippen LogP contribution in [0.4, 0.5) is 10.1 Å². The Morgan fingerprint density at radius 1 is 1.12 bits per heavy atom. The highest BCUT2D eigenvalue weighted by atomic mass is 19.1. The van der Waals surface area contributed by atoms with Crippen molar-refractivity contribution >= 4 is 17.5 Å². The SMILES string of the molecule is C[C@H](C(=O)Nc1cccc(F)c1)N1CCN(CC(=O)N2CCCC2)CC1. The van der Waals surface area contributed by atoms with Crippen LogP contribution in [0.2, 0.25) is 0 Å². The first-order valence-electron chi connectivity index (χ1n) is 9.33. The molecule has 2 aliphatic heterocycles. The molecule has 0 aromatic heterocycles. The molecule has 142 valence electrons. The Morgan fingerprint density at radius 2 is 1.81 bits per heavy atom. The van der Waals surface area contributed by atoms with Crippen LogP contribution in [0, 0.1) is 5.82 Å². The number of benzene rings is 1. The molecule has 2 saturated heterocycles. The molecular formula is C19H27FN4O2. The van der Waals surface area contributed by atoms with Gasteiger partial charge in [-0.25, -0.2) is 4.39 Å². The number of carbonyl (C=O) groups excluding carboxylic acids is 2. The lowest BCUT2D eigenvalue weighted by Gasteiger charge is -2.37. The van der Waals surface area contributed by atoms with Gasteiger partial charge in [-0.15, -0.1) is 0 Å². The van der Waals surface area contributed by atoms with Crippen molar-refractivity contribution < 1.29 is 14.0 Å². The molecule has 1 atom stereocenters. The summed E-state index contributed by atoms with van der Waals surface area (Å²) >= 11 is 0. The molecule has 0 radical (unpaired) electrons. The van der Waals surface area contributed by atoms with E-state index in [2.05, 4.69) is 15.1 Å². The van der Waals surface area contributed by atoms with Crippen molar-refractivity contribution in [3.8, 4) is 0 Å². The van der Waals surface area contributed by atoms with Gasteiger partial charge in [0.05, 0.1) is 12.6 Å². The largest absolute Gasteiger partial charge is 0.342 e. The quantitative estimate of drug-likeness (QED) is 0.860. The highest BCUT2D eigenvalue weighted by Crippen LogP contribution is 2.13. The van der Waals surface area contributed by atoms with E-state index in [1.54, 1.807) is 12.1 Å². The van der Waals surface area contributed by atoms with Gasteiger partial charge in [0.15, 0.2) is 0 Å². The normalized spacial score (nSPS) is 20.2. The first-order valence-corrected chi connectivity index (χ1v) is 9.33. The van der Waals surface area contributed by atoms with Crippen molar-refractivity contribution in [3.05, 3.63) is 30.1 Å². The number of rotatable bonds is 5. The molecule has 7 heteroatoms. The topological polar surface area (TPSA) is 55.9 Å². The number of likely N-dealkylation sites (tertiary alicyclic amines) is 1. The van der Waals surface area contributed by atoms with E-state index >= 15 is 0 Å². The fourth-order valence-electron chi connectivity index (χ4n) is 3.55. The molecule has 26 heavy (non-hydrogen) atoms. The Balaban J connectivity index is 1.44. The average molecular weight is 362 g/mol. The van der Waals surface area contributed by atoms with Crippen molar-refractivity contribution in [1.82, 2.24) is 14.7 Å². The summed E-state index contributed by atoms with van der Waals surface area (Å²) < 4.78 is 13.2. The molecule has 0 unspecified atom stereocenters. The van der Waals surface area contributed by atoms with E-state index in [1.807, 2.05) is 11.8 Å². The zero-order valence-electron chi connectivity index (χ0n) is 15.3. The molecule has 0 bridgehead atoms. The summed E-state index contributed by atoms with van der Waals surface area (Å²) in [5, 5.41) is 2.77. The third kappa shape index (κ3) is 4.80. The zero-order valence-corrected chi connectivity index (χ0v) is 15.3. The summed E-state index contributed by atoms with van der Waals surface area (Å²) in [4.78, 5) is 30.9. The van der Waals surface area contributed by atoms with Gasteiger partial charge in [0, 0.05) is 45.0 Å². The molecule has 0 spiro atoms. The maximum absolute atomic E-state index is 13.2. The van der Waals surface area contributed by atoms with E-state index in [9.17, 15) is 14.0 Å². The van der Waals surface area contributed by atoms with Crippen LogP contribution >= 0.6 is 0 Å². The summed E-state index contributed by atoms with van der Waals surface area (Å²) in [5.74, 6) is -0.295. The van der Waals surface area contributed by atoms with E-state index in [1.165, 1.54) is 12.1 Å². The number of anilines is 1. The summed E-state index contributed by atoms with van der Waals surface area (Å²) in [5.41, 5.74) is 0.469. The van der Waals surface area contributed by atoms with Crippen LogP contribution < -0.4 is 5.32 Å². The minimum absolute atomic E-state index is 0.141. The Labute approximate surface area is 153 Å². The maximum atomic E-state index is 13.2. The highest BCUT2D eigenvalue weighted by molar-refractivity contribution is 5.94. The number of carbonyl (C=O) groups is 2. The fraction of sp³-hybridized carbons (Fsp3) is 0.579. The summed E-state index contributed by atoms with van der Waals surface area (Å²) in [7, 11) is 0. The Bertz CT molecular complexity index is 640. The molecule has 2 heterocycles. The second kappa shape index (κ2) is 8.60. The third-order valence-electron chi connectivity index (χ3n) is 5.24. The zero-order chi connectivity index (χ0) is 18.5. The van der Waals surface area contributed by atoms with Crippen LogP contribution in [-0.2, 0) is 9.59 Å². The number of nitrogens with zero attached hydrogens (tertiary/aromatic N) is 3. The molecule has 2 amide bonds. The van der Waals surface area contributed by atoms with Crippen molar-refractivity contribution in [3.63, 3.8) is 0 Å². The standard InChI is InChI=1S/C19H27FN4O2/c1-15(19(26)21-17-6-4-5-16(20)13-17)23-11-9-22(10-12-23)14-18(25)24-7-2-3-8-24/h4-6,13,15H,2-3,7-12,14H2,1H3,(H,21,26)/t15-/m1/s1. The van der Waals surface area contributed by atoms with Gasteiger partial charge in [0.2, 0.25) is 11.8 Å². The Hall–Kier alpha value is -1.99. The molecule has 1 N–H and O–H groups in total. The monoisotopic (exact) mass is 362 g/mol. The van der Waals surface area contributed by atoms with E-state index in [0.717, 1.165) is 52.1 Å². The molecule has 0 aliphatic carbocycles. The maximum Gasteiger partial charge on any atom is 0.241 e. The summed E-state index contributed by atoms with van der Waals surface area (Å²) in [6.07, 6.45) is 2.22. The smallest absolute Gasteiger partial charge is 0.241 e. The first-order chi connectivity index (χ1) is 12.5. The Kier molecular flexibility index (Phi) is 6.21. The van der Waals surface area contributed by atoms with Crippen molar-refractivity contribution in [2.24, 2.45) is 0 Å². The number of hydrogen-bond donors (Lipinski definition) is 1. The van der Waals surface area contributed by atoms with Gasteiger partial charge in [-0.05, 0) is 38.0 Å². The molecule has 0 saturated carbocycles. The van der Waals surface area contributed by atoms with Crippen LogP contribution in [-0.4, -0.2) is 78.4 Å². The fourth-order valence-corrected chi connectivity index (χ4v) is 3.55. The second-order valence-corrected chi connectivity index (χ2v) is 7.08. The van der Waals surface area contributed by atoms with E-state index < -0.39 is 0 Å². The molecule has 1 aromatic carbocycles. The Morgan fingerprint density at radius 3 is 2.46 bits per heavy atom. The van der Waals surface area contributed by atoms with Gasteiger partial charge in [-0.3, -0.25) is 19.4 Å². The molecule has 2 fully saturated rings. The number of halogens is 1. The van der Waals surface area contributed by atoms with E-state index in [0.29, 0.717) is 12.2 Å². The predicted octanol–water partition coefficient (Wildman–Crippen LogP) is 1.39. The van der Waals surface area contributed by atoms with Gasteiger partial charge in [-0.2, -0.15) is 0 Å². The van der Waals surface area contributed by atoms with Crippen LogP contribution in [0.1, 0.15) is 19.8 Å². The minimum atomic E-state index is -0.369. The van der Waals surface area contributed by atoms with Crippen molar-refractivity contribution in [2.45, 2.75) is 25.8 Å². The molecular weight excluding hydrogens is 335 g/mol. The van der Waals surface area contributed by atoms with Gasteiger partial charge in [0.25, 0.3) is 0 Å². The van der Waals surface area contributed by atoms with Gasteiger partial charge in [-0.1, -0.05) is 6.07 Å². The number of nitrogens with one attached hydrogen (secondary N) is 1. The summed E-state index contributed by atoms with van der Waals surface area (Å²) in [6.45, 7) is 7.13. The van der Waals surface area contributed by atoms with Crippen LogP contribution in [0.3, 0.4) is 0 Å². The van der Waals surface area contributed by atoms with Crippen molar-refractivity contribution in [1.29, 1.82) is 0 Å². The number of amides is 2. The minimum Gasteiger partial charge on any atom is -0.342 e. The molecule has 1 aromatic rings. The third-order valence-corrected chi connectivity index (χ3v) is 5.24. The van der Waals surface area contributed by atoms with Gasteiger partial charge in [0.1, 0.15) is 5.82 Å².